The number of pyridine rings is 2. The van der Waals surface area contributed by atoms with Crippen molar-refractivity contribution in [3.05, 3.63) is 94.8 Å². The van der Waals surface area contributed by atoms with Crippen LogP contribution < -0.4 is 0 Å². The van der Waals surface area contributed by atoms with E-state index in [9.17, 15) is 13.2 Å². The topological polar surface area (TPSA) is 38.9 Å². The molecule has 3 nitrogen and oxygen atoms in total. The van der Waals surface area contributed by atoms with Crippen molar-refractivity contribution in [3.8, 4) is 11.3 Å². The number of halogens is 3. The predicted molar refractivity (Wildman–Crippen MR) is 123 cm³/mol. The molecule has 0 amide bonds. The highest BCUT2D eigenvalue weighted by atomic mass is 19.4. The fraction of sp³-hybridized carbons (Fsp3) is 0.185. The molecule has 0 aliphatic rings. The van der Waals surface area contributed by atoms with Crippen LogP contribution in [0.2, 0.25) is 0 Å². The Balaban J connectivity index is 1.62. The zero-order valence-corrected chi connectivity index (χ0v) is 17.5. The van der Waals surface area contributed by atoms with Gasteiger partial charge in [0.05, 0.1) is 11.3 Å². The molecule has 2 aromatic carbocycles. The molecule has 0 spiro atoms. The second kappa shape index (κ2) is 8.03. The van der Waals surface area contributed by atoms with E-state index in [1.165, 1.54) is 19.1 Å². The summed E-state index contributed by atoms with van der Waals surface area (Å²) in [5, 5.41) is 1.22. The minimum Gasteiger partial charge on any atom is -0.437 e. The van der Waals surface area contributed by atoms with Crippen molar-refractivity contribution in [1.82, 2.24) is 9.97 Å². The summed E-state index contributed by atoms with van der Waals surface area (Å²) < 4.78 is 86.0. The zero-order chi connectivity index (χ0) is 27.5. The molecule has 166 valence electrons. The smallest absolute Gasteiger partial charge is 0.418 e. The molecule has 0 N–H and O–H groups in total. The first kappa shape index (κ1) is 16.0. The molecule has 0 fully saturated rings. The minimum atomic E-state index is -4.62. The van der Waals surface area contributed by atoms with E-state index in [0.717, 1.165) is 6.20 Å². The third kappa shape index (κ3) is 3.97. The third-order valence-electron chi connectivity index (χ3n) is 5.57. The predicted octanol–water partition coefficient (Wildman–Crippen LogP) is 7.52. The van der Waals surface area contributed by atoms with Crippen LogP contribution in [0, 0.1) is 6.85 Å². The molecule has 0 saturated heterocycles. The quantitative estimate of drug-likeness (QED) is 0.284. The van der Waals surface area contributed by atoms with Crippen molar-refractivity contribution >= 4 is 22.1 Å². The van der Waals surface area contributed by atoms with E-state index < -0.39 is 25.0 Å². The second-order valence-electron chi connectivity index (χ2n) is 7.68. The van der Waals surface area contributed by atoms with Gasteiger partial charge in [-0.15, -0.1) is 0 Å². The first-order valence-electron chi connectivity index (χ1n) is 12.7. The van der Waals surface area contributed by atoms with Crippen LogP contribution in [-0.4, -0.2) is 9.97 Å². The maximum Gasteiger partial charge on any atom is 0.418 e. The van der Waals surface area contributed by atoms with Gasteiger partial charge in [-0.2, -0.15) is 13.2 Å². The number of aromatic nitrogens is 2. The van der Waals surface area contributed by atoms with Crippen LogP contribution in [0.25, 0.3) is 33.3 Å². The zero-order valence-electron chi connectivity index (χ0n) is 22.5. The fourth-order valence-electron chi connectivity index (χ4n) is 3.94. The van der Waals surface area contributed by atoms with Crippen molar-refractivity contribution in [2.75, 3.05) is 0 Å². The van der Waals surface area contributed by atoms with E-state index in [0.29, 0.717) is 33.0 Å². The molecule has 3 heterocycles. The fourth-order valence-corrected chi connectivity index (χ4v) is 3.94. The summed E-state index contributed by atoms with van der Waals surface area (Å²) >= 11 is 0. The maximum absolute atomic E-state index is 13.9. The molecule has 3 aromatic heterocycles. The summed E-state index contributed by atoms with van der Waals surface area (Å²) in [6, 6.07) is 15.9. The van der Waals surface area contributed by atoms with Crippen molar-refractivity contribution in [2.24, 2.45) is 0 Å². The first-order valence-corrected chi connectivity index (χ1v) is 10.2. The summed E-state index contributed by atoms with van der Waals surface area (Å²) in [4.78, 5) is 8.24. The van der Waals surface area contributed by atoms with Crippen molar-refractivity contribution in [1.29, 1.82) is 0 Å². The molecule has 33 heavy (non-hydrogen) atoms. The summed E-state index contributed by atoms with van der Waals surface area (Å²) in [7, 11) is 0. The first-order chi connectivity index (χ1) is 17.7. The number of hydrogen-bond acceptors (Lipinski definition) is 3. The highest BCUT2D eigenvalue weighted by Gasteiger charge is 2.34. The number of rotatable bonds is 4. The lowest BCUT2D eigenvalue weighted by molar-refractivity contribution is -0.138. The molecule has 5 rings (SSSR count). The molecule has 6 heteroatoms. The Labute approximate surface area is 195 Å². The Kier molecular flexibility index (Phi) is 3.90. The average molecular weight is 452 g/mol. The van der Waals surface area contributed by atoms with E-state index in [2.05, 4.69) is 9.97 Å². The van der Waals surface area contributed by atoms with E-state index in [1.807, 2.05) is 0 Å². The Bertz CT molecular complexity index is 1650. The van der Waals surface area contributed by atoms with Gasteiger partial charge in [-0.3, -0.25) is 4.98 Å². The lowest BCUT2D eigenvalue weighted by atomic mass is 9.97. The van der Waals surface area contributed by atoms with Crippen LogP contribution >= 0.6 is 0 Å². The number of hydrogen-bond donors (Lipinski definition) is 0. The van der Waals surface area contributed by atoms with Crippen molar-refractivity contribution < 1.29 is 24.4 Å². The van der Waals surface area contributed by atoms with Crippen LogP contribution in [0.3, 0.4) is 0 Å². The molecule has 0 unspecified atom stereocenters. The number of alkyl halides is 3. The summed E-state index contributed by atoms with van der Waals surface area (Å²) in [6.45, 7) is -1.00. The molecule has 0 saturated carbocycles. The van der Waals surface area contributed by atoms with E-state index in [-0.39, 0.29) is 29.1 Å². The van der Waals surface area contributed by atoms with Crippen LogP contribution in [-0.2, 0) is 19.0 Å². The van der Waals surface area contributed by atoms with Crippen LogP contribution in [0.1, 0.15) is 41.7 Å². The van der Waals surface area contributed by atoms with Gasteiger partial charge in [0.2, 0.25) is 5.71 Å². The van der Waals surface area contributed by atoms with Crippen LogP contribution in [0.5, 0.6) is 0 Å². The largest absolute Gasteiger partial charge is 0.437 e. The molecule has 0 aliphatic heterocycles. The lowest BCUT2D eigenvalue weighted by Gasteiger charge is -2.14. The van der Waals surface area contributed by atoms with Crippen LogP contribution in [0.15, 0.2) is 71.3 Å². The maximum atomic E-state index is 13.9. The van der Waals surface area contributed by atoms with Gasteiger partial charge in [0, 0.05) is 35.1 Å². The van der Waals surface area contributed by atoms with Crippen LogP contribution in [0.4, 0.5) is 13.2 Å². The number of nitrogens with zero attached hydrogens (tertiary/aromatic N) is 2. The Hall–Kier alpha value is -3.67. The van der Waals surface area contributed by atoms with E-state index >= 15 is 0 Å². The van der Waals surface area contributed by atoms with Gasteiger partial charge in [-0.05, 0) is 60.6 Å². The normalized spacial score (nSPS) is 15.1. The van der Waals surface area contributed by atoms with Gasteiger partial charge in [-0.1, -0.05) is 43.3 Å². The number of furan rings is 1. The standard InChI is InChI=1S/C27H21F3N2O/c1-3-17-8-10-18(11-9-17)13-19-14-24(31-15-23(19)27(28,29)30)22-6-4-5-20-21-12-7-16(2)32-26(21)33-25(20)22/h4-12,14-15H,3,13H2,1-2H3/i2D3,3D2. The molecule has 0 aliphatic carbocycles. The Morgan fingerprint density at radius 2 is 1.79 bits per heavy atom. The van der Waals surface area contributed by atoms with Crippen molar-refractivity contribution in [3.63, 3.8) is 0 Å². The molecule has 5 aromatic rings. The summed E-state index contributed by atoms with van der Waals surface area (Å²) in [5.74, 6) is 0. The van der Waals surface area contributed by atoms with Gasteiger partial charge >= 0.3 is 6.18 Å². The van der Waals surface area contributed by atoms with E-state index in [4.69, 9.17) is 11.3 Å². The van der Waals surface area contributed by atoms with Gasteiger partial charge in [0.15, 0.2) is 0 Å². The third-order valence-corrected chi connectivity index (χ3v) is 5.57. The number of benzene rings is 2. The monoisotopic (exact) mass is 451 g/mol. The van der Waals surface area contributed by atoms with Gasteiger partial charge in [0.25, 0.3) is 0 Å². The SMILES string of the molecule is [2H]C([2H])([2H])c1ccc2c(n1)oc1c(-c3cc(Cc4ccc(C([2H])([2H])C)cc4)c(C(F)(F)F)cn3)cccc12. The second-order valence-corrected chi connectivity index (χ2v) is 7.68. The molecule has 0 atom stereocenters. The summed E-state index contributed by atoms with van der Waals surface area (Å²) in [5.41, 5.74) is 1.19. The molecular formula is C27H21F3N2O. The number of fused-ring (bicyclic) bond motifs is 3. The highest BCUT2D eigenvalue weighted by molar-refractivity contribution is 6.08. The lowest BCUT2D eigenvalue weighted by Crippen LogP contribution is -2.11. The van der Waals surface area contributed by atoms with E-state index in [1.54, 1.807) is 48.5 Å². The molecular weight excluding hydrogens is 425 g/mol. The minimum absolute atomic E-state index is 0.00526. The number of aryl methyl sites for hydroxylation is 2. The van der Waals surface area contributed by atoms with Crippen molar-refractivity contribution in [2.45, 2.75) is 32.7 Å². The van der Waals surface area contributed by atoms with Gasteiger partial charge in [-0.25, -0.2) is 4.98 Å². The Morgan fingerprint density at radius 3 is 2.52 bits per heavy atom. The van der Waals surface area contributed by atoms with Gasteiger partial charge < -0.3 is 4.42 Å². The molecule has 0 radical (unpaired) electrons. The average Bonchev–Trinajstić information content (AvgIpc) is 3.21. The molecule has 0 bridgehead atoms. The Morgan fingerprint density at radius 1 is 1.00 bits per heavy atom. The highest BCUT2D eigenvalue weighted by Crippen LogP contribution is 2.38. The summed E-state index contributed by atoms with van der Waals surface area (Å²) in [6.07, 6.45) is -5.43. The van der Waals surface area contributed by atoms with Gasteiger partial charge in [0.1, 0.15) is 5.58 Å². The number of para-hydroxylation sites is 1.